The van der Waals surface area contributed by atoms with Crippen LogP contribution in [0.4, 0.5) is 5.69 Å². The Kier molecular flexibility index (Phi) is 10.3. The smallest absolute Gasteiger partial charge is 0.316 e. The van der Waals surface area contributed by atoms with Crippen molar-refractivity contribution in [2.24, 2.45) is 4.36 Å². The van der Waals surface area contributed by atoms with Gasteiger partial charge in [0, 0.05) is 18.6 Å². The molecule has 224 valence electrons. The first kappa shape index (κ1) is 31.4. The summed E-state index contributed by atoms with van der Waals surface area (Å²) in [7, 11) is -2.73. The predicted octanol–water partition coefficient (Wildman–Crippen LogP) is 4.96. The highest BCUT2D eigenvalue weighted by atomic mass is 32.2. The van der Waals surface area contributed by atoms with Crippen molar-refractivity contribution < 1.29 is 28.5 Å². The summed E-state index contributed by atoms with van der Waals surface area (Å²) >= 11 is 0. The normalized spacial score (nSPS) is 12.0. The van der Waals surface area contributed by atoms with E-state index in [4.69, 9.17) is 0 Å². The summed E-state index contributed by atoms with van der Waals surface area (Å²) < 4.78 is 25.1. The maximum absolute atomic E-state index is 12.8. The summed E-state index contributed by atoms with van der Waals surface area (Å²) in [6.07, 6.45) is -0.0870. The number of β-amino-alcohol motifs (C(OH)–C–C–N with tert-alkyl or cyclic N) is 1. The highest BCUT2D eigenvalue weighted by Crippen LogP contribution is 2.30. The molecule has 4 rings (SSSR count). The van der Waals surface area contributed by atoms with Crippen LogP contribution in [-0.4, -0.2) is 41.7 Å². The third-order valence-corrected chi connectivity index (χ3v) is 7.30. The molecule has 0 aliphatic heterocycles. The molecule has 0 radical (unpaired) electrons. The number of benzene rings is 4. The zero-order valence-electron chi connectivity index (χ0n) is 24.0. The topological polar surface area (TPSA) is 148 Å². The number of phenols is 2. The summed E-state index contributed by atoms with van der Waals surface area (Å²) in [5.74, 6) is -0.166. The van der Waals surface area contributed by atoms with Crippen LogP contribution in [-0.2, 0) is 34.7 Å². The van der Waals surface area contributed by atoms with E-state index >= 15 is 0 Å². The first-order chi connectivity index (χ1) is 20.5. The molecule has 4 aromatic rings. The van der Waals surface area contributed by atoms with Crippen molar-refractivity contribution in [2.45, 2.75) is 44.9 Å². The third-order valence-electron chi connectivity index (χ3n) is 6.95. The Labute approximate surface area is 252 Å². The van der Waals surface area contributed by atoms with Crippen LogP contribution >= 0.6 is 0 Å². The van der Waals surface area contributed by atoms with Crippen LogP contribution in [0.1, 0.15) is 42.2 Å². The van der Waals surface area contributed by atoms with Crippen LogP contribution in [0.2, 0.25) is 0 Å². The highest BCUT2D eigenvalue weighted by molar-refractivity contribution is 7.61. The van der Waals surface area contributed by atoms with E-state index in [0.29, 0.717) is 18.5 Å². The molecule has 0 aliphatic carbocycles. The van der Waals surface area contributed by atoms with E-state index in [1.54, 1.807) is 12.1 Å². The Morgan fingerprint density at radius 2 is 1.56 bits per heavy atom. The molecule has 0 spiro atoms. The fourth-order valence-electron chi connectivity index (χ4n) is 4.78. The fourth-order valence-corrected chi connectivity index (χ4v) is 5.08. The van der Waals surface area contributed by atoms with E-state index in [1.165, 1.54) is 18.2 Å². The van der Waals surface area contributed by atoms with Gasteiger partial charge in [-0.05, 0) is 84.0 Å². The van der Waals surface area contributed by atoms with Gasteiger partial charge in [-0.25, -0.2) is 0 Å². The van der Waals surface area contributed by atoms with Crippen LogP contribution in [0.15, 0.2) is 95.4 Å². The van der Waals surface area contributed by atoms with Crippen molar-refractivity contribution >= 4 is 22.1 Å². The van der Waals surface area contributed by atoms with E-state index in [9.17, 15) is 28.5 Å². The van der Waals surface area contributed by atoms with Crippen molar-refractivity contribution in [1.82, 2.24) is 10.6 Å². The number of phenolic OH excluding ortho intramolecular Hbond substituents is 2. The standard InChI is InChI=1S/C33H35N3O6S/c1-33(2,35-21-31(39)27-11-14-30(38)29(18-27)36-43(41)42)19-23-6-3-5-22(15-23)17-32(40)34-20-24-7-4-8-26(16-24)25-9-12-28(37)13-10-25/h3-16,18,31,35,37-39H,17,19-21H2,1-2H3,(H,34,40)/t31-/m0/s1. The average molecular weight is 602 g/mol. The van der Waals surface area contributed by atoms with Crippen LogP contribution in [0, 0.1) is 0 Å². The molecule has 4 aromatic carbocycles. The largest absolute Gasteiger partial charge is 0.508 e. The number of hydrogen-bond acceptors (Lipinski definition) is 8. The van der Waals surface area contributed by atoms with Gasteiger partial charge in [-0.3, -0.25) is 4.79 Å². The summed E-state index contributed by atoms with van der Waals surface area (Å²) in [5.41, 5.74) is 4.75. The maximum Gasteiger partial charge on any atom is 0.316 e. The van der Waals surface area contributed by atoms with E-state index in [1.807, 2.05) is 74.5 Å². The molecule has 0 saturated carbocycles. The molecule has 0 heterocycles. The lowest BCUT2D eigenvalue weighted by Gasteiger charge is -2.28. The fraction of sp³-hybridized carbons (Fsp3) is 0.242. The van der Waals surface area contributed by atoms with Crippen molar-refractivity contribution in [3.8, 4) is 22.6 Å². The van der Waals surface area contributed by atoms with Crippen molar-refractivity contribution in [3.05, 3.63) is 113 Å². The molecule has 0 unspecified atom stereocenters. The van der Waals surface area contributed by atoms with Gasteiger partial charge in [-0.1, -0.05) is 60.7 Å². The molecule has 0 bridgehead atoms. The lowest BCUT2D eigenvalue weighted by molar-refractivity contribution is -0.120. The van der Waals surface area contributed by atoms with Crippen molar-refractivity contribution in [2.75, 3.05) is 6.54 Å². The van der Waals surface area contributed by atoms with Gasteiger partial charge in [-0.2, -0.15) is 8.42 Å². The predicted molar refractivity (Wildman–Crippen MR) is 165 cm³/mol. The number of carbonyl (C=O) groups excluding carboxylic acids is 1. The lowest BCUT2D eigenvalue weighted by Crippen LogP contribution is -2.43. The molecule has 1 amide bonds. The zero-order valence-corrected chi connectivity index (χ0v) is 24.8. The Morgan fingerprint density at radius 3 is 2.30 bits per heavy atom. The molecule has 9 nitrogen and oxygen atoms in total. The molecule has 0 aromatic heterocycles. The number of aliphatic hydroxyl groups is 1. The zero-order chi connectivity index (χ0) is 31.0. The number of amides is 1. The minimum atomic E-state index is -2.73. The van der Waals surface area contributed by atoms with E-state index in [2.05, 4.69) is 15.0 Å². The number of nitrogens with one attached hydrogen (secondary N) is 2. The second-order valence-corrected chi connectivity index (χ2v) is 11.7. The minimum absolute atomic E-state index is 0.0893. The second kappa shape index (κ2) is 14.1. The summed E-state index contributed by atoms with van der Waals surface area (Å²) in [4.78, 5) is 12.8. The Balaban J connectivity index is 1.30. The van der Waals surface area contributed by atoms with Crippen LogP contribution in [0.5, 0.6) is 11.5 Å². The van der Waals surface area contributed by atoms with Crippen LogP contribution in [0.25, 0.3) is 11.1 Å². The molecule has 43 heavy (non-hydrogen) atoms. The quantitative estimate of drug-likeness (QED) is 0.154. The van der Waals surface area contributed by atoms with Gasteiger partial charge in [0.05, 0.1) is 12.5 Å². The molecular weight excluding hydrogens is 566 g/mol. The number of carbonyl (C=O) groups is 1. The molecule has 1 atom stereocenters. The number of nitrogens with zero attached hydrogens (tertiary/aromatic N) is 1. The Bertz CT molecular complexity index is 1710. The summed E-state index contributed by atoms with van der Waals surface area (Å²) in [6.45, 7) is 4.59. The van der Waals surface area contributed by atoms with Gasteiger partial charge in [-0.15, -0.1) is 4.36 Å². The number of hydrogen-bond donors (Lipinski definition) is 5. The van der Waals surface area contributed by atoms with E-state index in [0.717, 1.165) is 27.8 Å². The first-order valence-electron chi connectivity index (χ1n) is 13.8. The first-order valence-corrected chi connectivity index (χ1v) is 14.8. The molecule has 0 aliphatic rings. The number of rotatable bonds is 12. The third kappa shape index (κ3) is 9.50. The lowest BCUT2D eigenvalue weighted by atomic mass is 9.93. The van der Waals surface area contributed by atoms with Gasteiger partial charge in [0.25, 0.3) is 0 Å². The van der Waals surface area contributed by atoms with Gasteiger partial charge >= 0.3 is 10.5 Å². The number of aliphatic hydroxyl groups excluding tert-OH is 1. The SMILES string of the molecule is CC(C)(Cc1cccc(CC(=O)NCc2cccc(-c3ccc(O)cc3)c2)c1)NC[C@H](O)c1ccc(O)c(N=S(=O)=O)c1. The van der Waals surface area contributed by atoms with E-state index < -0.39 is 22.1 Å². The Morgan fingerprint density at radius 1 is 0.860 bits per heavy atom. The molecule has 10 heteroatoms. The number of aromatic hydroxyl groups is 2. The molecule has 5 N–H and O–H groups in total. The van der Waals surface area contributed by atoms with Gasteiger partial charge in [0.1, 0.15) is 17.2 Å². The molecule has 0 saturated heterocycles. The molecular formula is C33H35N3O6S. The van der Waals surface area contributed by atoms with Gasteiger partial charge in [0.15, 0.2) is 0 Å². The Hall–Kier alpha value is -4.51. The summed E-state index contributed by atoms with van der Waals surface area (Å²) in [6, 6.07) is 26.9. The van der Waals surface area contributed by atoms with Crippen LogP contribution < -0.4 is 10.6 Å². The van der Waals surface area contributed by atoms with Crippen molar-refractivity contribution in [1.29, 1.82) is 0 Å². The monoisotopic (exact) mass is 601 g/mol. The van der Waals surface area contributed by atoms with Crippen LogP contribution in [0.3, 0.4) is 0 Å². The summed E-state index contributed by atoms with van der Waals surface area (Å²) in [5, 5.41) is 36.3. The average Bonchev–Trinajstić information content (AvgIpc) is 2.96. The van der Waals surface area contributed by atoms with E-state index in [-0.39, 0.29) is 36.1 Å². The maximum atomic E-state index is 12.8. The van der Waals surface area contributed by atoms with Gasteiger partial charge in [0.2, 0.25) is 5.91 Å². The van der Waals surface area contributed by atoms with Gasteiger partial charge < -0.3 is 26.0 Å². The highest BCUT2D eigenvalue weighted by Gasteiger charge is 2.21. The van der Waals surface area contributed by atoms with Crippen molar-refractivity contribution in [3.63, 3.8) is 0 Å². The second-order valence-electron chi connectivity index (χ2n) is 11.0. The molecule has 0 fully saturated rings. The minimum Gasteiger partial charge on any atom is -0.508 e.